The van der Waals surface area contributed by atoms with Gasteiger partial charge in [-0.15, -0.1) is 0 Å². The Morgan fingerprint density at radius 2 is 1.68 bits per heavy atom. The molecular weight excluding hydrogens is 282 g/mol. The van der Waals surface area contributed by atoms with Crippen molar-refractivity contribution in [3.8, 4) is 22.8 Å². The molecule has 0 fully saturated rings. The van der Waals surface area contributed by atoms with Crippen LogP contribution in [0.4, 0.5) is 5.69 Å². The number of benzene rings is 2. The zero-order chi connectivity index (χ0) is 15.3. The molecule has 0 aliphatic carbocycles. The predicted molar refractivity (Wildman–Crippen MR) is 84.3 cm³/mol. The molecule has 22 heavy (non-hydrogen) atoms. The van der Waals surface area contributed by atoms with Crippen molar-refractivity contribution in [3.63, 3.8) is 0 Å². The van der Waals surface area contributed by atoms with Crippen LogP contribution < -0.4 is 26.6 Å². The monoisotopic (exact) mass is 295 g/mol. The van der Waals surface area contributed by atoms with Crippen LogP contribution >= 0.6 is 0 Å². The first-order valence-corrected chi connectivity index (χ1v) is 6.74. The molecule has 0 amide bonds. The summed E-state index contributed by atoms with van der Waals surface area (Å²) in [7, 11) is 0. The molecule has 0 spiro atoms. The van der Waals surface area contributed by atoms with Crippen LogP contribution in [0.3, 0.4) is 0 Å². The molecule has 4 N–H and O–H groups in total. The van der Waals surface area contributed by atoms with Crippen molar-refractivity contribution in [2.45, 2.75) is 0 Å². The van der Waals surface area contributed by atoms with Crippen LogP contribution in [-0.2, 0) is 0 Å². The second-order valence-corrected chi connectivity index (χ2v) is 5.12. The summed E-state index contributed by atoms with van der Waals surface area (Å²) in [6.45, 7) is 0.176. The molecular formula is C16H13N3O3. The number of nitrogen functional groups attached to an aromatic ring is 2. The zero-order valence-corrected chi connectivity index (χ0v) is 11.6. The van der Waals surface area contributed by atoms with Gasteiger partial charge in [-0.25, -0.2) is 4.68 Å². The van der Waals surface area contributed by atoms with E-state index in [2.05, 4.69) is 0 Å². The molecule has 0 saturated carbocycles. The highest BCUT2D eigenvalue weighted by atomic mass is 16.7. The topological polar surface area (TPSA) is 92.5 Å². The summed E-state index contributed by atoms with van der Waals surface area (Å²) >= 11 is 0. The Morgan fingerprint density at radius 1 is 1.00 bits per heavy atom. The second-order valence-electron chi connectivity index (χ2n) is 5.12. The fourth-order valence-electron chi connectivity index (χ4n) is 2.66. The van der Waals surface area contributed by atoms with Crippen molar-refractivity contribution in [2.75, 3.05) is 18.4 Å². The largest absolute Gasteiger partial charge is 0.454 e. The molecule has 6 nitrogen and oxygen atoms in total. The number of nitrogens with two attached hydrogens (primary N) is 2. The summed E-state index contributed by atoms with van der Waals surface area (Å²) in [6.07, 6.45) is 0. The third-order valence-electron chi connectivity index (χ3n) is 3.74. The standard InChI is InChI=1S/C16H13N3O3/c17-11-3-1-9(2-4-11)16-12-7-14-13(21-8-22-14)5-10(12)6-15(20)19(16)18/h1-7H,8,17-18H2. The minimum atomic E-state index is -0.293. The van der Waals surface area contributed by atoms with E-state index in [1.54, 1.807) is 18.2 Å². The first kappa shape index (κ1) is 12.6. The lowest BCUT2D eigenvalue weighted by molar-refractivity contribution is 0.174. The maximum atomic E-state index is 12.1. The zero-order valence-electron chi connectivity index (χ0n) is 11.6. The van der Waals surface area contributed by atoms with E-state index in [-0.39, 0.29) is 12.4 Å². The number of aromatic nitrogens is 1. The number of fused-ring (bicyclic) bond motifs is 2. The van der Waals surface area contributed by atoms with E-state index in [1.807, 2.05) is 18.2 Å². The Bertz CT molecular complexity index is 945. The highest BCUT2D eigenvalue weighted by molar-refractivity contribution is 5.97. The minimum absolute atomic E-state index is 0.176. The summed E-state index contributed by atoms with van der Waals surface area (Å²) in [5.74, 6) is 7.24. The van der Waals surface area contributed by atoms with Crippen molar-refractivity contribution in [1.82, 2.24) is 4.68 Å². The third kappa shape index (κ3) is 1.77. The van der Waals surface area contributed by atoms with E-state index in [4.69, 9.17) is 21.1 Å². The lowest BCUT2D eigenvalue weighted by Gasteiger charge is -2.12. The first-order chi connectivity index (χ1) is 10.6. The molecule has 0 atom stereocenters. The summed E-state index contributed by atoms with van der Waals surface area (Å²) in [5.41, 5.74) is 7.49. The number of nitrogens with zero attached hydrogens (tertiary/aromatic N) is 1. The van der Waals surface area contributed by atoms with Crippen molar-refractivity contribution in [2.24, 2.45) is 0 Å². The van der Waals surface area contributed by atoms with Crippen LogP contribution in [-0.4, -0.2) is 11.5 Å². The van der Waals surface area contributed by atoms with Gasteiger partial charge < -0.3 is 21.1 Å². The van der Waals surface area contributed by atoms with E-state index >= 15 is 0 Å². The number of hydrogen-bond donors (Lipinski definition) is 2. The van der Waals surface area contributed by atoms with Crippen molar-refractivity contribution >= 4 is 16.5 Å². The molecule has 110 valence electrons. The summed E-state index contributed by atoms with van der Waals surface area (Å²) in [6, 6.07) is 12.3. The fourth-order valence-corrected chi connectivity index (χ4v) is 2.66. The molecule has 2 aromatic carbocycles. The smallest absolute Gasteiger partial charge is 0.269 e. The Hall–Kier alpha value is -3.15. The minimum Gasteiger partial charge on any atom is -0.454 e. The molecule has 1 aliphatic rings. The van der Waals surface area contributed by atoms with Gasteiger partial charge in [-0.05, 0) is 29.7 Å². The molecule has 4 rings (SSSR count). The first-order valence-electron chi connectivity index (χ1n) is 6.74. The van der Waals surface area contributed by atoms with E-state index in [1.165, 1.54) is 6.07 Å². The quantitative estimate of drug-likeness (QED) is 0.526. The van der Waals surface area contributed by atoms with E-state index in [0.29, 0.717) is 22.9 Å². The van der Waals surface area contributed by atoms with Gasteiger partial charge in [0.15, 0.2) is 11.5 Å². The van der Waals surface area contributed by atoms with E-state index in [0.717, 1.165) is 21.0 Å². The van der Waals surface area contributed by atoms with Gasteiger partial charge >= 0.3 is 0 Å². The molecule has 6 heteroatoms. The van der Waals surface area contributed by atoms with Gasteiger partial charge in [-0.1, -0.05) is 12.1 Å². The number of anilines is 1. The van der Waals surface area contributed by atoms with Gasteiger partial charge in [-0.2, -0.15) is 0 Å². The summed E-state index contributed by atoms with van der Waals surface area (Å²) in [4.78, 5) is 12.1. The van der Waals surface area contributed by atoms with E-state index in [9.17, 15) is 4.79 Å². The van der Waals surface area contributed by atoms with Gasteiger partial charge in [0.1, 0.15) is 0 Å². The SMILES string of the molecule is Nc1ccc(-c2c3cc4c(cc3cc(=O)n2N)OCO4)cc1. The van der Waals surface area contributed by atoms with Crippen molar-refractivity contribution in [1.29, 1.82) is 0 Å². The lowest BCUT2D eigenvalue weighted by Crippen LogP contribution is -2.28. The molecule has 3 aromatic rings. The van der Waals surface area contributed by atoms with Gasteiger partial charge in [0.25, 0.3) is 5.56 Å². The average Bonchev–Trinajstić information content (AvgIpc) is 2.95. The number of ether oxygens (including phenoxy) is 2. The normalized spacial score (nSPS) is 12.7. The van der Waals surface area contributed by atoms with Gasteiger partial charge in [-0.3, -0.25) is 4.79 Å². The third-order valence-corrected chi connectivity index (χ3v) is 3.74. The molecule has 2 heterocycles. The lowest BCUT2D eigenvalue weighted by atomic mass is 10.0. The molecule has 1 aromatic heterocycles. The molecule has 0 unspecified atom stereocenters. The molecule has 0 saturated heterocycles. The number of hydrogen-bond acceptors (Lipinski definition) is 5. The Kier molecular flexibility index (Phi) is 2.53. The average molecular weight is 295 g/mol. The molecule has 0 radical (unpaired) electrons. The van der Waals surface area contributed by atoms with Crippen molar-refractivity contribution in [3.05, 3.63) is 52.8 Å². The highest BCUT2D eigenvalue weighted by Gasteiger charge is 2.18. The maximum Gasteiger partial charge on any atom is 0.269 e. The highest BCUT2D eigenvalue weighted by Crippen LogP contribution is 2.38. The van der Waals surface area contributed by atoms with Gasteiger partial charge in [0, 0.05) is 22.7 Å². The number of pyridine rings is 1. The van der Waals surface area contributed by atoms with Crippen LogP contribution in [0, 0.1) is 0 Å². The Balaban J connectivity index is 2.09. The van der Waals surface area contributed by atoms with Crippen LogP contribution in [0.5, 0.6) is 11.5 Å². The van der Waals surface area contributed by atoms with Crippen LogP contribution in [0.1, 0.15) is 0 Å². The van der Waals surface area contributed by atoms with Crippen LogP contribution in [0.2, 0.25) is 0 Å². The predicted octanol–water partition coefficient (Wildman–Crippen LogP) is 1.69. The van der Waals surface area contributed by atoms with E-state index < -0.39 is 0 Å². The number of rotatable bonds is 1. The Morgan fingerprint density at radius 3 is 2.41 bits per heavy atom. The van der Waals surface area contributed by atoms with Crippen LogP contribution in [0.25, 0.3) is 22.0 Å². The van der Waals surface area contributed by atoms with Gasteiger partial charge in [0.05, 0.1) is 5.69 Å². The van der Waals surface area contributed by atoms with Crippen molar-refractivity contribution < 1.29 is 9.47 Å². The Labute approximate surface area is 125 Å². The summed E-state index contributed by atoms with van der Waals surface area (Å²) < 4.78 is 11.9. The fraction of sp³-hybridized carbons (Fsp3) is 0.0625. The molecule has 0 bridgehead atoms. The summed E-state index contributed by atoms with van der Waals surface area (Å²) in [5, 5.41) is 1.57. The maximum absolute atomic E-state index is 12.1. The second kappa shape index (κ2) is 4.42. The molecule has 1 aliphatic heterocycles. The van der Waals surface area contributed by atoms with Gasteiger partial charge in [0.2, 0.25) is 6.79 Å². The van der Waals surface area contributed by atoms with Crippen LogP contribution in [0.15, 0.2) is 47.3 Å².